The lowest BCUT2D eigenvalue weighted by Crippen LogP contribution is -2.51. The summed E-state index contributed by atoms with van der Waals surface area (Å²) in [6.07, 6.45) is 4.94. The van der Waals surface area contributed by atoms with E-state index in [0.717, 1.165) is 23.3 Å². The highest BCUT2D eigenvalue weighted by Gasteiger charge is 2.31. The quantitative estimate of drug-likeness (QED) is 0.408. The molecule has 1 aromatic heterocycles. The van der Waals surface area contributed by atoms with Crippen LogP contribution in [0.1, 0.15) is 34.3 Å². The molecule has 182 valence electrons. The zero-order valence-corrected chi connectivity index (χ0v) is 20.5. The average molecular weight is 500 g/mol. The number of hydrogen-bond acceptors (Lipinski definition) is 8. The third-order valence-electron chi connectivity index (χ3n) is 6.16. The molecule has 5 rings (SSSR count). The highest BCUT2D eigenvalue weighted by molar-refractivity contribution is 7.99. The van der Waals surface area contributed by atoms with E-state index in [4.69, 9.17) is 15.0 Å². The monoisotopic (exact) mass is 499 g/mol. The molecule has 2 aliphatic rings. The largest absolute Gasteiger partial charge is 0.472 e. The molecular weight excluding hydrogens is 474 g/mol. The molecule has 8 nitrogen and oxygen atoms in total. The predicted octanol–water partition coefficient (Wildman–Crippen LogP) is 3.95. The normalized spacial score (nSPS) is 15.5. The van der Waals surface area contributed by atoms with E-state index in [1.54, 1.807) is 30.5 Å². The van der Waals surface area contributed by atoms with Gasteiger partial charge in [-0.15, -0.1) is 0 Å². The molecule has 0 N–H and O–H groups in total. The maximum absolute atomic E-state index is 12.7. The number of carbonyl (C=O) groups excluding carboxylic acids is 2. The summed E-state index contributed by atoms with van der Waals surface area (Å²) in [6.45, 7) is 2.65. The van der Waals surface area contributed by atoms with Crippen LogP contribution >= 0.6 is 11.8 Å². The smallest absolute Gasteiger partial charge is 0.242 e. The van der Waals surface area contributed by atoms with Crippen LogP contribution in [-0.4, -0.2) is 53.2 Å². The molecule has 3 aromatic rings. The van der Waals surface area contributed by atoms with Crippen LogP contribution in [0.25, 0.3) is 0 Å². The maximum atomic E-state index is 12.7. The van der Waals surface area contributed by atoms with E-state index in [-0.39, 0.29) is 19.1 Å². The van der Waals surface area contributed by atoms with Crippen LogP contribution in [0, 0.1) is 17.2 Å². The van der Waals surface area contributed by atoms with Crippen molar-refractivity contribution in [1.29, 1.82) is 5.26 Å². The Morgan fingerprint density at radius 2 is 2.00 bits per heavy atom. The molecule has 1 saturated carbocycles. The number of aromatic nitrogens is 2. The Bertz CT molecular complexity index is 1300. The van der Waals surface area contributed by atoms with Gasteiger partial charge >= 0.3 is 0 Å². The fourth-order valence-electron chi connectivity index (χ4n) is 3.99. The summed E-state index contributed by atoms with van der Waals surface area (Å²) >= 11 is 1.44. The molecule has 1 aliphatic carbocycles. The molecule has 1 aliphatic heterocycles. The molecule has 9 heteroatoms. The fourth-order valence-corrected chi connectivity index (χ4v) is 4.81. The first-order chi connectivity index (χ1) is 17.6. The topological polar surface area (TPSA) is 99.4 Å². The van der Waals surface area contributed by atoms with Crippen molar-refractivity contribution >= 4 is 29.9 Å². The Balaban J connectivity index is 1.36. The minimum Gasteiger partial charge on any atom is -0.472 e. The molecule has 2 aromatic carbocycles. The molecule has 0 atom stereocenters. The number of amides is 1. The number of benzene rings is 2. The van der Waals surface area contributed by atoms with Crippen molar-refractivity contribution in [3.05, 3.63) is 71.4 Å². The van der Waals surface area contributed by atoms with E-state index in [1.165, 1.54) is 24.6 Å². The zero-order valence-electron chi connectivity index (χ0n) is 19.7. The molecule has 1 saturated heterocycles. The first-order valence-corrected chi connectivity index (χ1v) is 12.7. The number of ether oxygens (including phenoxy) is 1. The number of aldehydes is 1. The second kappa shape index (κ2) is 10.8. The van der Waals surface area contributed by atoms with E-state index in [1.807, 2.05) is 34.1 Å². The van der Waals surface area contributed by atoms with Crippen molar-refractivity contribution in [2.24, 2.45) is 5.92 Å². The lowest BCUT2D eigenvalue weighted by atomic mass is 10.1. The van der Waals surface area contributed by atoms with Crippen LogP contribution < -0.4 is 9.64 Å². The van der Waals surface area contributed by atoms with Gasteiger partial charge in [-0.1, -0.05) is 30.0 Å². The van der Waals surface area contributed by atoms with E-state index >= 15 is 0 Å². The third-order valence-corrected chi connectivity index (χ3v) is 7.17. The van der Waals surface area contributed by atoms with Gasteiger partial charge in [-0.2, -0.15) is 10.2 Å². The lowest BCUT2D eigenvalue weighted by molar-refractivity contribution is -0.131. The van der Waals surface area contributed by atoms with Gasteiger partial charge in [0.05, 0.1) is 29.3 Å². The number of rotatable bonds is 9. The van der Waals surface area contributed by atoms with Crippen LogP contribution in [0.3, 0.4) is 0 Å². The Labute approximate surface area is 213 Å². The van der Waals surface area contributed by atoms with Gasteiger partial charge in [0, 0.05) is 30.1 Å². The molecule has 36 heavy (non-hydrogen) atoms. The van der Waals surface area contributed by atoms with Crippen LogP contribution in [-0.2, 0) is 11.4 Å². The number of nitrogens with zero attached hydrogens (tertiary/aromatic N) is 5. The summed E-state index contributed by atoms with van der Waals surface area (Å²) in [5.74, 6) is 1.61. The molecule has 0 radical (unpaired) electrons. The summed E-state index contributed by atoms with van der Waals surface area (Å²) < 4.78 is 6.12. The second-order valence-electron chi connectivity index (χ2n) is 8.93. The zero-order chi connectivity index (χ0) is 24.9. The summed E-state index contributed by atoms with van der Waals surface area (Å²) in [5.41, 5.74) is 2.01. The number of nitriles is 1. The molecule has 2 heterocycles. The predicted molar refractivity (Wildman–Crippen MR) is 135 cm³/mol. The molecule has 0 spiro atoms. The van der Waals surface area contributed by atoms with Crippen LogP contribution in [0.5, 0.6) is 5.88 Å². The highest BCUT2D eigenvalue weighted by atomic mass is 32.2. The maximum Gasteiger partial charge on any atom is 0.242 e. The summed E-state index contributed by atoms with van der Waals surface area (Å²) in [5, 5.41) is 9.06. The van der Waals surface area contributed by atoms with Crippen molar-refractivity contribution < 1.29 is 14.3 Å². The highest BCUT2D eigenvalue weighted by Crippen LogP contribution is 2.35. The second-order valence-corrected chi connectivity index (χ2v) is 10.0. The van der Waals surface area contributed by atoms with E-state index < -0.39 is 0 Å². The number of hydrogen-bond donors (Lipinski definition) is 0. The lowest BCUT2D eigenvalue weighted by Gasteiger charge is -2.34. The summed E-state index contributed by atoms with van der Waals surface area (Å²) in [6, 6.07) is 16.6. The van der Waals surface area contributed by atoms with Crippen molar-refractivity contribution in [1.82, 2.24) is 14.9 Å². The number of carbonyl (C=O) groups is 2. The molecule has 2 fully saturated rings. The van der Waals surface area contributed by atoms with Gasteiger partial charge in [0.2, 0.25) is 17.7 Å². The Kier molecular flexibility index (Phi) is 7.14. The van der Waals surface area contributed by atoms with Gasteiger partial charge in [0.1, 0.15) is 12.9 Å². The Morgan fingerprint density at radius 3 is 2.72 bits per heavy atom. The fraction of sp³-hybridized carbons (Fsp3) is 0.296. The van der Waals surface area contributed by atoms with E-state index in [0.29, 0.717) is 46.9 Å². The number of piperazine rings is 1. The standard InChI is InChI=1S/C27H25N5O3S/c28-13-19-6-8-23(9-7-19)36-24-14-29-27(32-11-10-31(25(34)16-32)15-20-4-5-20)30-26(24)35-18-22-3-1-2-21(12-22)17-33/h1-3,6-9,12,14,17,20H,4-5,10-11,15-16,18H2. The van der Waals surface area contributed by atoms with Gasteiger partial charge in [-0.3, -0.25) is 9.59 Å². The van der Waals surface area contributed by atoms with Crippen molar-refractivity contribution in [2.75, 3.05) is 31.1 Å². The van der Waals surface area contributed by atoms with Gasteiger partial charge in [-0.05, 0) is 54.7 Å². The average Bonchev–Trinajstić information content (AvgIpc) is 3.74. The Hall–Kier alpha value is -3.90. The Morgan fingerprint density at radius 1 is 1.17 bits per heavy atom. The SMILES string of the molecule is N#Cc1ccc(Sc2cnc(N3CCN(CC4CC4)C(=O)C3)nc2OCc2cccc(C=O)c2)cc1. The van der Waals surface area contributed by atoms with Gasteiger partial charge < -0.3 is 14.5 Å². The summed E-state index contributed by atoms with van der Waals surface area (Å²) in [7, 11) is 0. The van der Waals surface area contributed by atoms with E-state index in [2.05, 4.69) is 11.1 Å². The summed E-state index contributed by atoms with van der Waals surface area (Å²) in [4.78, 5) is 38.6. The van der Waals surface area contributed by atoms with Crippen LogP contribution in [0.2, 0.25) is 0 Å². The van der Waals surface area contributed by atoms with Crippen molar-refractivity contribution in [2.45, 2.75) is 29.2 Å². The van der Waals surface area contributed by atoms with E-state index in [9.17, 15) is 9.59 Å². The molecule has 0 unspecified atom stereocenters. The first-order valence-electron chi connectivity index (χ1n) is 11.9. The van der Waals surface area contributed by atoms with Gasteiger partial charge in [0.25, 0.3) is 0 Å². The first kappa shape index (κ1) is 23.8. The minimum atomic E-state index is 0.0981. The third kappa shape index (κ3) is 5.83. The van der Waals surface area contributed by atoms with Crippen LogP contribution in [0.4, 0.5) is 5.95 Å². The molecule has 1 amide bonds. The number of anilines is 1. The molecular formula is C27H25N5O3S. The van der Waals surface area contributed by atoms with Crippen LogP contribution in [0.15, 0.2) is 64.5 Å². The molecule has 0 bridgehead atoms. The van der Waals surface area contributed by atoms with Crippen molar-refractivity contribution in [3.8, 4) is 11.9 Å². The van der Waals surface area contributed by atoms with Gasteiger partial charge in [-0.25, -0.2) is 4.98 Å². The van der Waals surface area contributed by atoms with Crippen molar-refractivity contribution in [3.63, 3.8) is 0 Å². The minimum absolute atomic E-state index is 0.0981. The van der Waals surface area contributed by atoms with Gasteiger partial charge in [0.15, 0.2) is 0 Å².